The van der Waals surface area contributed by atoms with Crippen molar-refractivity contribution in [1.29, 1.82) is 0 Å². The summed E-state index contributed by atoms with van der Waals surface area (Å²) in [6.07, 6.45) is 3.77. The lowest BCUT2D eigenvalue weighted by molar-refractivity contribution is -0.150. The van der Waals surface area contributed by atoms with Gasteiger partial charge in [0.05, 0.1) is 12.7 Å². The normalized spacial score (nSPS) is 30.0. The lowest BCUT2D eigenvalue weighted by Gasteiger charge is -2.28. The topological polar surface area (TPSA) is 72.5 Å². The van der Waals surface area contributed by atoms with Gasteiger partial charge in [-0.1, -0.05) is 30.3 Å². The van der Waals surface area contributed by atoms with Crippen LogP contribution in [-0.4, -0.2) is 29.3 Å². The minimum atomic E-state index is -0.924. The fourth-order valence-electron chi connectivity index (χ4n) is 3.28. The molecule has 22 heavy (non-hydrogen) atoms. The maximum absolute atomic E-state index is 12.2. The molecule has 0 heterocycles. The van der Waals surface area contributed by atoms with E-state index in [1.807, 2.05) is 18.2 Å². The molecule has 4 heteroatoms. The summed E-state index contributed by atoms with van der Waals surface area (Å²) in [5, 5.41) is 10.2. The molecule has 1 aliphatic rings. The predicted octanol–water partition coefficient (Wildman–Crippen LogP) is 2.75. The van der Waals surface area contributed by atoms with E-state index in [0.29, 0.717) is 25.9 Å². The number of nitrogens with two attached hydrogens (primary N) is 1. The molecule has 1 saturated carbocycles. The van der Waals surface area contributed by atoms with Crippen molar-refractivity contribution in [3.8, 4) is 0 Å². The highest BCUT2D eigenvalue weighted by Gasteiger charge is 2.37. The van der Waals surface area contributed by atoms with E-state index in [1.165, 1.54) is 5.56 Å². The van der Waals surface area contributed by atoms with Gasteiger partial charge >= 0.3 is 5.97 Å². The Kier molecular flexibility index (Phi) is 5.98. The Hall–Kier alpha value is -1.39. The van der Waals surface area contributed by atoms with Gasteiger partial charge in [-0.3, -0.25) is 4.79 Å². The van der Waals surface area contributed by atoms with E-state index >= 15 is 0 Å². The van der Waals surface area contributed by atoms with Crippen molar-refractivity contribution >= 4 is 5.97 Å². The molecule has 3 atom stereocenters. The van der Waals surface area contributed by atoms with Gasteiger partial charge in [-0.05, 0) is 56.9 Å². The number of carbonyl (C=O) groups is 1. The van der Waals surface area contributed by atoms with E-state index in [0.717, 1.165) is 19.3 Å². The molecule has 2 rings (SSSR count). The first-order valence-electron chi connectivity index (χ1n) is 8.24. The Labute approximate surface area is 132 Å². The van der Waals surface area contributed by atoms with Gasteiger partial charge in [-0.2, -0.15) is 0 Å². The van der Waals surface area contributed by atoms with Crippen molar-refractivity contribution in [3.05, 3.63) is 35.9 Å². The van der Waals surface area contributed by atoms with Crippen LogP contribution < -0.4 is 5.73 Å². The van der Waals surface area contributed by atoms with Crippen LogP contribution in [0.2, 0.25) is 0 Å². The number of aliphatic hydroxyl groups is 1. The molecule has 0 aliphatic heterocycles. The molecule has 0 amide bonds. The number of rotatable bonds is 3. The highest BCUT2D eigenvalue weighted by atomic mass is 16.5. The second-order valence-corrected chi connectivity index (χ2v) is 6.30. The van der Waals surface area contributed by atoms with Crippen LogP contribution in [0.3, 0.4) is 0 Å². The second kappa shape index (κ2) is 7.75. The third kappa shape index (κ3) is 4.31. The number of esters is 1. The molecule has 1 fully saturated rings. The summed E-state index contributed by atoms with van der Waals surface area (Å²) >= 11 is 0. The van der Waals surface area contributed by atoms with Crippen LogP contribution in [0.4, 0.5) is 0 Å². The third-order valence-electron chi connectivity index (χ3n) is 4.61. The first kappa shape index (κ1) is 17.0. The van der Waals surface area contributed by atoms with Crippen molar-refractivity contribution in [1.82, 2.24) is 0 Å². The lowest BCUT2D eigenvalue weighted by Crippen LogP contribution is -2.49. The lowest BCUT2D eigenvalue weighted by atomic mass is 9.84. The second-order valence-electron chi connectivity index (χ2n) is 6.30. The summed E-state index contributed by atoms with van der Waals surface area (Å²) in [5.74, 6) is -0.0788. The van der Waals surface area contributed by atoms with Crippen LogP contribution in [0.25, 0.3) is 0 Å². The fraction of sp³-hybridized carbons (Fsp3) is 0.611. The van der Waals surface area contributed by atoms with Crippen LogP contribution >= 0.6 is 0 Å². The smallest absolute Gasteiger partial charge is 0.326 e. The maximum Gasteiger partial charge on any atom is 0.326 e. The van der Waals surface area contributed by atoms with Crippen molar-refractivity contribution in [2.75, 3.05) is 6.61 Å². The predicted molar refractivity (Wildman–Crippen MR) is 86.4 cm³/mol. The molecule has 0 aromatic heterocycles. The van der Waals surface area contributed by atoms with Crippen molar-refractivity contribution in [3.63, 3.8) is 0 Å². The molecule has 0 radical (unpaired) electrons. The third-order valence-corrected chi connectivity index (χ3v) is 4.61. The highest BCUT2D eigenvalue weighted by Crippen LogP contribution is 2.33. The van der Waals surface area contributed by atoms with Gasteiger partial charge < -0.3 is 15.6 Å². The van der Waals surface area contributed by atoms with E-state index in [-0.39, 0.29) is 18.0 Å². The Balaban J connectivity index is 2.16. The van der Waals surface area contributed by atoms with E-state index in [1.54, 1.807) is 6.92 Å². The standard InChI is InChI=1S/C18H27NO3/c1-2-22-17(21)18(19)11-6-9-16(20)13-15(10-12-18)14-7-4-3-5-8-14/h3-5,7-8,15-16,20H,2,6,9-13,19H2,1H3/t15-,16-,18+/m0/s1. The van der Waals surface area contributed by atoms with Gasteiger partial charge in [0.15, 0.2) is 0 Å². The number of carbonyl (C=O) groups excluding carboxylic acids is 1. The van der Waals surface area contributed by atoms with Crippen LogP contribution in [0.1, 0.15) is 56.9 Å². The Morgan fingerprint density at radius 1 is 1.32 bits per heavy atom. The van der Waals surface area contributed by atoms with Gasteiger partial charge in [-0.15, -0.1) is 0 Å². The average molecular weight is 305 g/mol. The highest BCUT2D eigenvalue weighted by molar-refractivity contribution is 5.80. The molecular weight excluding hydrogens is 278 g/mol. The summed E-state index contributed by atoms with van der Waals surface area (Å²) < 4.78 is 5.16. The van der Waals surface area contributed by atoms with E-state index in [4.69, 9.17) is 10.5 Å². The Morgan fingerprint density at radius 2 is 2.05 bits per heavy atom. The zero-order chi connectivity index (χ0) is 16.0. The van der Waals surface area contributed by atoms with Gasteiger partial charge in [0.2, 0.25) is 0 Å². The molecule has 122 valence electrons. The van der Waals surface area contributed by atoms with E-state index in [2.05, 4.69) is 12.1 Å². The molecule has 1 aliphatic carbocycles. The zero-order valence-electron chi connectivity index (χ0n) is 13.3. The molecule has 3 N–H and O–H groups in total. The quantitative estimate of drug-likeness (QED) is 0.842. The Bertz CT molecular complexity index is 476. The summed E-state index contributed by atoms with van der Waals surface area (Å²) in [4.78, 5) is 12.2. The summed E-state index contributed by atoms with van der Waals surface area (Å²) in [6, 6.07) is 10.2. The van der Waals surface area contributed by atoms with Gasteiger partial charge in [0, 0.05) is 0 Å². The first-order chi connectivity index (χ1) is 10.5. The molecule has 0 bridgehead atoms. The number of hydrogen-bond donors (Lipinski definition) is 2. The minimum absolute atomic E-state index is 0.228. The molecule has 0 spiro atoms. The number of aliphatic hydroxyl groups excluding tert-OH is 1. The average Bonchev–Trinajstić information content (AvgIpc) is 2.59. The van der Waals surface area contributed by atoms with Crippen LogP contribution in [0.5, 0.6) is 0 Å². The number of hydrogen-bond acceptors (Lipinski definition) is 4. The van der Waals surface area contributed by atoms with Gasteiger partial charge in [-0.25, -0.2) is 0 Å². The monoisotopic (exact) mass is 305 g/mol. The molecular formula is C18H27NO3. The molecule has 0 saturated heterocycles. The van der Waals surface area contributed by atoms with Crippen LogP contribution in [0.15, 0.2) is 30.3 Å². The number of ether oxygens (including phenoxy) is 1. The van der Waals surface area contributed by atoms with Gasteiger partial charge in [0.25, 0.3) is 0 Å². The molecule has 4 nitrogen and oxygen atoms in total. The SMILES string of the molecule is CCOC(=O)[C@@]1(N)CCC[C@H](O)C[C@@H](c2ccccc2)CC1. The first-order valence-corrected chi connectivity index (χ1v) is 8.24. The maximum atomic E-state index is 12.2. The zero-order valence-corrected chi connectivity index (χ0v) is 13.3. The summed E-state index contributed by atoms with van der Waals surface area (Å²) in [5.41, 5.74) is 6.64. The molecule has 1 aromatic rings. The fourth-order valence-corrected chi connectivity index (χ4v) is 3.28. The molecule has 0 unspecified atom stereocenters. The summed E-state index contributed by atoms with van der Waals surface area (Å²) in [7, 11) is 0. The van der Waals surface area contributed by atoms with Crippen molar-refractivity contribution < 1.29 is 14.6 Å². The van der Waals surface area contributed by atoms with Crippen LogP contribution in [-0.2, 0) is 9.53 Å². The van der Waals surface area contributed by atoms with Crippen molar-refractivity contribution in [2.24, 2.45) is 5.73 Å². The van der Waals surface area contributed by atoms with Gasteiger partial charge in [0.1, 0.15) is 5.54 Å². The van der Waals surface area contributed by atoms with E-state index in [9.17, 15) is 9.90 Å². The summed E-state index contributed by atoms with van der Waals surface area (Å²) in [6.45, 7) is 2.15. The Morgan fingerprint density at radius 3 is 2.73 bits per heavy atom. The largest absolute Gasteiger partial charge is 0.465 e. The van der Waals surface area contributed by atoms with E-state index < -0.39 is 5.54 Å². The molecule has 1 aromatic carbocycles. The number of benzene rings is 1. The van der Waals surface area contributed by atoms with Crippen LogP contribution in [0, 0.1) is 0 Å². The minimum Gasteiger partial charge on any atom is -0.465 e. The van der Waals surface area contributed by atoms with Crippen molar-refractivity contribution in [2.45, 2.75) is 63.0 Å².